The maximum absolute atomic E-state index is 12.5. The van der Waals surface area contributed by atoms with Crippen LogP contribution in [0.4, 0.5) is 0 Å². The molecule has 6 heteroatoms. The van der Waals surface area contributed by atoms with Gasteiger partial charge in [0.25, 0.3) is 5.91 Å². The van der Waals surface area contributed by atoms with Crippen molar-refractivity contribution in [3.05, 3.63) is 41.7 Å². The molecule has 122 valence electrons. The van der Waals surface area contributed by atoms with Gasteiger partial charge >= 0.3 is 0 Å². The first-order valence-corrected chi connectivity index (χ1v) is 7.74. The van der Waals surface area contributed by atoms with Gasteiger partial charge in [-0.05, 0) is 18.8 Å². The minimum atomic E-state index is -0.0414. The molecule has 5 nitrogen and oxygen atoms in total. The monoisotopic (exact) mass is 333 g/mol. The molecule has 3 heterocycles. The second kappa shape index (κ2) is 6.34. The van der Waals surface area contributed by atoms with E-state index in [2.05, 4.69) is 10.5 Å². The summed E-state index contributed by atoms with van der Waals surface area (Å²) in [5.74, 6) is 1.47. The Hall–Kier alpha value is -1.85. The van der Waals surface area contributed by atoms with E-state index >= 15 is 0 Å². The number of hydrogen-bond acceptors (Lipinski definition) is 4. The van der Waals surface area contributed by atoms with E-state index < -0.39 is 0 Å². The van der Waals surface area contributed by atoms with Crippen LogP contribution in [0.15, 0.2) is 34.9 Å². The summed E-state index contributed by atoms with van der Waals surface area (Å²) in [5, 5.41) is 7.43. The zero-order valence-corrected chi connectivity index (χ0v) is 13.8. The number of carbonyl (C=O) groups excluding carboxylic acids is 1. The molecule has 0 radical (unpaired) electrons. The van der Waals surface area contributed by atoms with E-state index in [4.69, 9.17) is 4.52 Å². The van der Waals surface area contributed by atoms with Crippen molar-refractivity contribution in [2.45, 2.75) is 6.92 Å². The first kappa shape index (κ1) is 16.0. The van der Waals surface area contributed by atoms with Crippen molar-refractivity contribution in [1.82, 2.24) is 15.4 Å². The number of likely N-dealkylation sites (tertiary alicyclic amines) is 1. The lowest BCUT2D eigenvalue weighted by molar-refractivity contribution is 0.0740. The summed E-state index contributed by atoms with van der Waals surface area (Å²) in [5.41, 5.74) is 2.88. The minimum absolute atomic E-state index is 0. The smallest absolute Gasteiger partial charge is 0.292 e. The summed E-state index contributed by atoms with van der Waals surface area (Å²) < 4.78 is 5.29. The number of benzene rings is 1. The summed E-state index contributed by atoms with van der Waals surface area (Å²) in [6.07, 6.45) is 0. The molecular formula is C17H20ClN3O2. The van der Waals surface area contributed by atoms with Gasteiger partial charge in [-0.25, -0.2) is 0 Å². The van der Waals surface area contributed by atoms with Crippen molar-refractivity contribution in [1.29, 1.82) is 0 Å². The molecule has 1 aromatic heterocycles. The molecule has 23 heavy (non-hydrogen) atoms. The van der Waals surface area contributed by atoms with Gasteiger partial charge < -0.3 is 14.7 Å². The van der Waals surface area contributed by atoms with E-state index in [0.29, 0.717) is 23.3 Å². The van der Waals surface area contributed by atoms with Crippen molar-refractivity contribution in [3.8, 4) is 11.3 Å². The number of fused-ring (bicyclic) bond motifs is 1. The van der Waals surface area contributed by atoms with Crippen LogP contribution in [0.2, 0.25) is 0 Å². The molecule has 0 aliphatic carbocycles. The fourth-order valence-corrected chi connectivity index (χ4v) is 3.41. The highest BCUT2D eigenvalue weighted by Crippen LogP contribution is 2.28. The fraction of sp³-hybridized carbons (Fsp3) is 0.412. The van der Waals surface area contributed by atoms with Gasteiger partial charge in [-0.1, -0.05) is 35.0 Å². The Labute approximate surface area is 141 Å². The number of nitrogens with zero attached hydrogens (tertiary/aromatic N) is 2. The quantitative estimate of drug-likeness (QED) is 0.916. The standard InChI is InChI=1S/C17H19N3O2.ClH/c1-11-2-4-12(5-3-11)15-6-16(22-19-15)17(21)20-9-13-7-18-8-14(13)10-20;/h2-6,13-14,18H,7-10H2,1H3;1H/t13-,14+;. The van der Waals surface area contributed by atoms with E-state index in [1.165, 1.54) is 5.56 Å². The number of amides is 1. The number of aromatic nitrogens is 1. The Morgan fingerprint density at radius 2 is 1.87 bits per heavy atom. The number of carbonyl (C=O) groups is 1. The Bertz CT molecular complexity index is 686. The van der Waals surface area contributed by atoms with Crippen LogP contribution in [-0.2, 0) is 0 Å². The maximum Gasteiger partial charge on any atom is 0.292 e. The van der Waals surface area contributed by atoms with Gasteiger partial charge in [0.2, 0.25) is 5.76 Å². The van der Waals surface area contributed by atoms with Crippen molar-refractivity contribution in [3.63, 3.8) is 0 Å². The number of hydrogen-bond donors (Lipinski definition) is 1. The summed E-state index contributed by atoms with van der Waals surface area (Å²) in [7, 11) is 0. The van der Waals surface area contributed by atoms with E-state index in [1.807, 2.05) is 36.1 Å². The lowest BCUT2D eigenvalue weighted by atomic mass is 10.0. The number of halogens is 1. The predicted octanol–water partition coefficient (Wildman–Crippen LogP) is 2.36. The summed E-state index contributed by atoms with van der Waals surface area (Å²) in [4.78, 5) is 14.4. The highest BCUT2D eigenvalue weighted by atomic mass is 35.5. The topological polar surface area (TPSA) is 58.4 Å². The highest BCUT2D eigenvalue weighted by molar-refractivity contribution is 5.92. The van der Waals surface area contributed by atoms with Gasteiger partial charge in [-0.3, -0.25) is 4.79 Å². The third-order valence-electron chi connectivity index (χ3n) is 4.74. The molecule has 1 amide bonds. The molecule has 2 atom stereocenters. The van der Waals surface area contributed by atoms with Crippen LogP contribution >= 0.6 is 12.4 Å². The molecular weight excluding hydrogens is 314 g/mol. The Morgan fingerprint density at radius 1 is 1.22 bits per heavy atom. The average Bonchev–Trinajstić information content (AvgIpc) is 3.22. The largest absolute Gasteiger partial charge is 0.350 e. The zero-order chi connectivity index (χ0) is 15.1. The predicted molar refractivity (Wildman–Crippen MR) is 89.7 cm³/mol. The van der Waals surface area contributed by atoms with E-state index in [-0.39, 0.29) is 18.3 Å². The summed E-state index contributed by atoms with van der Waals surface area (Å²) >= 11 is 0. The van der Waals surface area contributed by atoms with Crippen LogP contribution in [0.1, 0.15) is 16.1 Å². The average molecular weight is 334 g/mol. The Kier molecular flexibility index (Phi) is 4.41. The van der Waals surface area contributed by atoms with Crippen LogP contribution in [-0.4, -0.2) is 42.1 Å². The van der Waals surface area contributed by atoms with E-state index in [0.717, 1.165) is 31.7 Å². The third-order valence-corrected chi connectivity index (χ3v) is 4.74. The molecule has 2 fully saturated rings. The van der Waals surface area contributed by atoms with Gasteiger partial charge in [0.15, 0.2) is 0 Å². The first-order valence-electron chi connectivity index (χ1n) is 7.74. The second-order valence-electron chi connectivity index (χ2n) is 6.33. The molecule has 0 spiro atoms. The van der Waals surface area contributed by atoms with Crippen LogP contribution in [0.3, 0.4) is 0 Å². The summed E-state index contributed by atoms with van der Waals surface area (Å²) in [6, 6.07) is 9.79. The molecule has 1 N–H and O–H groups in total. The number of nitrogens with one attached hydrogen (secondary N) is 1. The van der Waals surface area contributed by atoms with Crippen LogP contribution in [0.5, 0.6) is 0 Å². The van der Waals surface area contributed by atoms with Crippen LogP contribution in [0.25, 0.3) is 11.3 Å². The molecule has 0 unspecified atom stereocenters. The highest BCUT2D eigenvalue weighted by Gasteiger charge is 2.39. The van der Waals surface area contributed by atoms with Gasteiger partial charge in [-0.15, -0.1) is 12.4 Å². The van der Waals surface area contributed by atoms with Gasteiger partial charge in [0.1, 0.15) is 5.69 Å². The maximum atomic E-state index is 12.5. The fourth-order valence-electron chi connectivity index (χ4n) is 3.41. The normalized spacial score (nSPS) is 22.7. The number of aryl methyl sites for hydroxylation is 1. The first-order chi connectivity index (χ1) is 10.7. The lowest BCUT2D eigenvalue weighted by Gasteiger charge is -2.15. The Morgan fingerprint density at radius 3 is 2.52 bits per heavy atom. The molecule has 0 saturated carbocycles. The van der Waals surface area contributed by atoms with Crippen LogP contribution in [0, 0.1) is 18.8 Å². The van der Waals surface area contributed by atoms with Gasteiger partial charge in [0, 0.05) is 37.8 Å². The third kappa shape index (κ3) is 2.99. The number of rotatable bonds is 2. The second-order valence-corrected chi connectivity index (χ2v) is 6.33. The molecule has 0 bridgehead atoms. The van der Waals surface area contributed by atoms with Crippen molar-refractivity contribution >= 4 is 18.3 Å². The molecule has 1 aromatic carbocycles. The van der Waals surface area contributed by atoms with Crippen molar-refractivity contribution < 1.29 is 9.32 Å². The summed E-state index contributed by atoms with van der Waals surface area (Å²) in [6.45, 7) is 5.70. The minimum Gasteiger partial charge on any atom is -0.350 e. The van der Waals surface area contributed by atoms with E-state index in [9.17, 15) is 4.79 Å². The molecule has 2 saturated heterocycles. The van der Waals surface area contributed by atoms with E-state index in [1.54, 1.807) is 6.07 Å². The van der Waals surface area contributed by atoms with Crippen molar-refractivity contribution in [2.75, 3.05) is 26.2 Å². The molecule has 4 rings (SSSR count). The SMILES string of the molecule is Cc1ccc(-c2cc(C(=O)N3C[C@H]4CNC[C@H]4C3)on2)cc1.Cl. The molecule has 2 aliphatic rings. The molecule has 2 aromatic rings. The lowest BCUT2D eigenvalue weighted by Crippen LogP contribution is -2.31. The van der Waals surface area contributed by atoms with Crippen LogP contribution < -0.4 is 5.32 Å². The Balaban J connectivity index is 0.00000156. The van der Waals surface area contributed by atoms with Gasteiger partial charge in [0.05, 0.1) is 0 Å². The zero-order valence-electron chi connectivity index (χ0n) is 13.0. The van der Waals surface area contributed by atoms with Crippen molar-refractivity contribution in [2.24, 2.45) is 11.8 Å². The van der Waals surface area contributed by atoms with Gasteiger partial charge in [-0.2, -0.15) is 0 Å². The molecule has 2 aliphatic heterocycles.